The standard InChI is InChI=1S/C11H6N3O3S.Y/c15-9(8-4-2-6-18-8)12-11-14-13-10(17-11)7-3-1-5-16-7;/h1-5H,(H,12,14,15);/q-1;. The number of aromatic nitrogens is 2. The second-order valence-electron chi connectivity index (χ2n) is 3.26. The SMILES string of the molecule is O=C(Nc1nnc(-c2ccco2)o1)c1cc[c-]s1.[Y]. The summed E-state index contributed by atoms with van der Waals surface area (Å²) in [4.78, 5) is 12.2. The van der Waals surface area contributed by atoms with Crippen LogP contribution in [0.2, 0.25) is 0 Å². The topological polar surface area (TPSA) is 81.2 Å². The van der Waals surface area contributed by atoms with E-state index in [1.54, 1.807) is 24.3 Å². The van der Waals surface area contributed by atoms with Crippen LogP contribution in [0.3, 0.4) is 0 Å². The van der Waals surface area contributed by atoms with Gasteiger partial charge in [-0.05, 0) is 12.1 Å². The zero-order valence-electron chi connectivity index (χ0n) is 9.49. The minimum atomic E-state index is -0.309. The maximum Gasteiger partial charge on any atom is 0.322 e. The maximum absolute atomic E-state index is 11.7. The second kappa shape index (κ2) is 6.23. The molecule has 0 aliphatic heterocycles. The van der Waals surface area contributed by atoms with Gasteiger partial charge >= 0.3 is 6.01 Å². The van der Waals surface area contributed by atoms with E-state index in [4.69, 9.17) is 8.83 Å². The van der Waals surface area contributed by atoms with E-state index in [1.807, 2.05) is 0 Å². The van der Waals surface area contributed by atoms with Gasteiger partial charge in [0.15, 0.2) is 5.76 Å². The van der Waals surface area contributed by atoms with Crippen LogP contribution in [0.25, 0.3) is 11.7 Å². The first-order chi connectivity index (χ1) is 8.83. The molecule has 1 amide bonds. The second-order valence-corrected chi connectivity index (χ2v) is 4.14. The van der Waals surface area contributed by atoms with Crippen molar-refractivity contribution >= 4 is 23.3 Å². The van der Waals surface area contributed by atoms with E-state index in [-0.39, 0.29) is 50.5 Å². The van der Waals surface area contributed by atoms with Crippen LogP contribution in [0, 0.1) is 5.38 Å². The molecule has 0 spiro atoms. The molecular formula is C11H6N3O3SY-. The molecule has 0 fully saturated rings. The van der Waals surface area contributed by atoms with Gasteiger partial charge in [-0.25, -0.2) is 0 Å². The average Bonchev–Trinajstić information content (AvgIpc) is 3.12. The van der Waals surface area contributed by atoms with E-state index in [0.717, 1.165) is 0 Å². The summed E-state index contributed by atoms with van der Waals surface area (Å²) in [5, 5.41) is 12.8. The Labute approximate surface area is 137 Å². The van der Waals surface area contributed by atoms with Crippen molar-refractivity contribution in [2.75, 3.05) is 5.32 Å². The number of nitrogens with one attached hydrogen (secondary N) is 1. The number of hydrogen-bond donors (Lipinski definition) is 1. The maximum atomic E-state index is 11.7. The van der Waals surface area contributed by atoms with Crippen molar-refractivity contribution in [3.05, 3.63) is 40.8 Å². The molecule has 8 heteroatoms. The van der Waals surface area contributed by atoms with Crippen LogP contribution in [0.15, 0.2) is 39.4 Å². The number of nitrogens with zero attached hydrogens (tertiary/aromatic N) is 2. The quantitative estimate of drug-likeness (QED) is 0.735. The molecule has 0 unspecified atom stereocenters. The van der Waals surface area contributed by atoms with E-state index in [0.29, 0.717) is 10.6 Å². The van der Waals surface area contributed by atoms with Crippen molar-refractivity contribution in [2.24, 2.45) is 0 Å². The van der Waals surface area contributed by atoms with Gasteiger partial charge in [-0.15, -0.1) is 10.5 Å². The van der Waals surface area contributed by atoms with Crippen LogP contribution in [-0.2, 0) is 32.7 Å². The van der Waals surface area contributed by atoms with Crippen LogP contribution in [0.4, 0.5) is 6.01 Å². The smallest absolute Gasteiger partial charge is 0.322 e. The van der Waals surface area contributed by atoms with Crippen molar-refractivity contribution in [1.29, 1.82) is 0 Å². The first-order valence-electron chi connectivity index (χ1n) is 4.97. The number of anilines is 1. The monoisotopic (exact) mass is 349 g/mol. The van der Waals surface area contributed by atoms with Crippen LogP contribution in [-0.4, -0.2) is 16.1 Å². The molecule has 3 aromatic rings. The fourth-order valence-corrected chi connectivity index (χ4v) is 1.84. The van der Waals surface area contributed by atoms with Crippen molar-refractivity contribution < 1.29 is 46.3 Å². The summed E-state index contributed by atoms with van der Waals surface area (Å²) in [5.74, 6) is 0.358. The summed E-state index contributed by atoms with van der Waals surface area (Å²) >= 11 is 1.21. The van der Waals surface area contributed by atoms with Crippen LogP contribution in [0.5, 0.6) is 0 Å². The Hall–Kier alpha value is -1.31. The number of thiophene rings is 1. The van der Waals surface area contributed by atoms with Crippen LogP contribution >= 0.6 is 11.3 Å². The summed E-state index contributed by atoms with van der Waals surface area (Å²) in [6.45, 7) is 0. The molecule has 0 aromatic carbocycles. The predicted molar refractivity (Wildman–Crippen MR) is 63.1 cm³/mol. The fourth-order valence-electron chi connectivity index (χ4n) is 1.30. The van der Waals surface area contributed by atoms with Gasteiger partial charge < -0.3 is 8.83 Å². The molecule has 0 bridgehead atoms. The molecule has 93 valence electrons. The largest absolute Gasteiger partial charge is 0.459 e. The third-order valence-electron chi connectivity index (χ3n) is 2.07. The van der Waals surface area contributed by atoms with Crippen molar-refractivity contribution in [3.8, 4) is 11.7 Å². The van der Waals surface area contributed by atoms with E-state index >= 15 is 0 Å². The van der Waals surface area contributed by atoms with Crippen LogP contribution < -0.4 is 5.32 Å². The van der Waals surface area contributed by atoms with Gasteiger partial charge in [-0.3, -0.25) is 21.4 Å². The Bertz CT molecular complexity index is 649. The minimum absolute atomic E-state index is 0. The predicted octanol–water partition coefficient (Wildman–Crippen LogP) is 2.44. The summed E-state index contributed by atoms with van der Waals surface area (Å²) in [7, 11) is 0. The Morgan fingerprint density at radius 1 is 1.37 bits per heavy atom. The van der Waals surface area contributed by atoms with Gasteiger partial charge in [0, 0.05) is 32.7 Å². The van der Waals surface area contributed by atoms with Gasteiger partial charge in [0.05, 0.1) is 6.26 Å². The van der Waals surface area contributed by atoms with Gasteiger partial charge in [0.25, 0.3) is 5.89 Å². The number of furan rings is 1. The zero-order valence-corrected chi connectivity index (χ0v) is 13.1. The zero-order chi connectivity index (χ0) is 12.4. The minimum Gasteiger partial charge on any atom is -0.459 e. The summed E-state index contributed by atoms with van der Waals surface area (Å²) in [6.07, 6.45) is 1.50. The number of carbonyl (C=O) groups is 1. The summed E-state index contributed by atoms with van der Waals surface area (Å²) < 4.78 is 10.3. The Kier molecular flexibility index (Phi) is 4.63. The Balaban J connectivity index is 0.00000133. The molecule has 1 N–H and O–H groups in total. The van der Waals surface area contributed by atoms with Gasteiger partial charge in [0.1, 0.15) is 0 Å². The molecule has 3 aromatic heterocycles. The van der Waals surface area contributed by atoms with Gasteiger partial charge in [-0.1, -0.05) is 9.98 Å². The average molecular weight is 349 g/mol. The molecule has 3 rings (SSSR count). The van der Waals surface area contributed by atoms with Crippen molar-refractivity contribution in [3.63, 3.8) is 0 Å². The van der Waals surface area contributed by atoms with Crippen molar-refractivity contribution in [2.45, 2.75) is 0 Å². The van der Waals surface area contributed by atoms with E-state index in [9.17, 15) is 4.79 Å². The number of amides is 1. The molecule has 0 saturated heterocycles. The van der Waals surface area contributed by atoms with Crippen LogP contribution in [0.1, 0.15) is 9.67 Å². The first-order valence-corrected chi connectivity index (χ1v) is 5.79. The third-order valence-corrected chi connectivity index (χ3v) is 2.87. The van der Waals surface area contributed by atoms with E-state index in [2.05, 4.69) is 20.9 Å². The summed E-state index contributed by atoms with van der Waals surface area (Å²) in [5.41, 5.74) is 0. The molecular weight excluding hydrogens is 343 g/mol. The number of carbonyl (C=O) groups excluding carboxylic acids is 1. The number of rotatable bonds is 3. The number of hydrogen-bond acceptors (Lipinski definition) is 6. The molecule has 0 atom stereocenters. The molecule has 0 aliphatic carbocycles. The molecule has 19 heavy (non-hydrogen) atoms. The molecule has 6 nitrogen and oxygen atoms in total. The molecule has 3 heterocycles. The Morgan fingerprint density at radius 3 is 2.95 bits per heavy atom. The molecule has 0 saturated carbocycles. The third kappa shape index (κ3) is 3.17. The fraction of sp³-hybridized carbons (Fsp3) is 0. The normalized spacial score (nSPS) is 9.89. The van der Waals surface area contributed by atoms with E-state index in [1.165, 1.54) is 17.6 Å². The molecule has 0 aliphatic rings. The first kappa shape index (κ1) is 14.1. The van der Waals surface area contributed by atoms with Gasteiger partial charge in [-0.2, -0.15) is 12.1 Å². The van der Waals surface area contributed by atoms with E-state index < -0.39 is 0 Å². The van der Waals surface area contributed by atoms with Gasteiger partial charge in [0.2, 0.25) is 5.91 Å². The molecule has 1 radical (unpaired) electrons. The van der Waals surface area contributed by atoms with Crippen molar-refractivity contribution in [1.82, 2.24) is 10.2 Å². The Morgan fingerprint density at radius 2 is 2.26 bits per heavy atom. The summed E-state index contributed by atoms with van der Waals surface area (Å²) in [6, 6.07) is 6.75.